The van der Waals surface area contributed by atoms with Gasteiger partial charge in [-0.05, 0) is 86.2 Å². The van der Waals surface area contributed by atoms with Crippen LogP contribution in [0.4, 0.5) is 10.1 Å². The molecule has 0 radical (unpaired) electrons. The van der Waals surface area contributed by atoms with Crippen LogP contribution in [0, 0.1) is 5.82 Å². The largest absolute Gasteiger partial charge is 0.384 e. The van der Waals surface area contributed by atoms with Gasteiger partial charge in [0.1, 0.15) is 17.0 Å². The Labute approximate surface area is 214 Å². The van der Waals surface area contributed by atoms with Gasteiger partial charge < -0.3 is 20.5 Å². The number of anilines is 1. The second kappa shape index (κ2) is 9.80. The topological polar surface area (TPSA) is 84.7 Å². The van der Waals surface area contributed by atoms with E-state index in [2.05, 4.69) is 48.9 Å². The van der Waals surface area contributed by atoms with Gasteiger partial charge in [-0.2, -0.15) is 5.10 Å². The van der Waals surface area contributed by atoms with Crippen LogP contribution in [-0.4, -0.2) is 65.3 Å². The minimum atomic E-state index is -0.264. The van der Waals surface area contributed by atoms with Gasteiger partial charge in [0.2, 0.25) is 0 Å². The molecule has 0 spiro atoms. The molecule has 37 heavy (non-hydrogen) atoms. The quantitative estimate of drug-likeness (QED) is 0.247. The maximum Gasteiger partial charge on any atom is 0.135 e. The van der Waals surface area contributed by atoms with Crippen molar-refractivity contribution in [2.45, 2.75) is 6.42 Å². The number of pyridine rings is 1. The number of halogens is 1. The average Bonchev–Trinajstić information content (AvgIpc) is 3.52. The van der Waals surface area contributed by atoms with E-state index in [9.17, 15) is 4.39 Å². The number of aromatic amines is 2. The minimum absolute atomic E-state index is 0.264. The van der Waals surface area contributed by atoms with E-state index in [-0.39, 0.29) is 5.82 Å². The molecule has 0 saturated heterocycles. The average molecular weight is 496 g/mol. The summed E-state index contributed by atoms with van der Waals surface area (Å²) in [5.41, 5.74) is 9.15. The molecule has 4 heterocycles. The maximum absolute atomic E-state index is 14.6. The molecule has 0 fully saturated rings. The summed E-state index contributed by atoms with van der Waals surface area (Å²) in [5, 5.41) is 15.4. The number of nitrogens with one attached hydrogen (secondary N) is 4. The molecule has 3 aromatic heterocycles. The van der Waals surface area contributed by atoms with Gasteiger partial charge in [0.05, 0.1) is 16.9 Å². The highest BCUT2D eigenvalue weighted by Gasteiger charge is 2.17. The Morgan fingerprint density at radius 2 is 1.97 bits per heavy atom. The second-order valence-corrected chi connectivity index (χ2v) is 9.76. The van der Waals surface area contributed by atoms with E-state index in [1.807, 2.05) is 44.4 Å². The molecule has 0 unspecified atom stereocenters. The number of aromatic nitrogens is 4. The van der Waals surface area contributed by atoms with E-state index < -0.39 is 0 Å². The highest BCUT2D eigenvalue weighted by atomic mass is 19.1. The molecular formula is C29H30FN7. The third kappa shape index (κ3) is 4.73. The zero-order chi connectivity index (χ0) is 25.4. The molecule has 6 rings (SSSR count). The van der Waals surface area contributed by atoms with E-state index in [1.165, 1.54) is 5.57 Å². The van der Waals surface area contributed by atoms with Crippen molar-refractivity contribution in [1.82, 2.24) is 30.4 Å². The van der Waals surface area contributed by atoms with Gasteiger partial charge >= 0.3 is 0 Å². The number of hydrogen-bond donors (Lipinski definition) is 4. The zero-order valence-electron chi connectivity index (χ0n) is 21.0. The summed E-state index contributed by atoms with van der Waals surface area (Å²) in [5.74, 6) is -0.264. The molecule has 8 heteroatoms. The summed E-state index contributed by atoms with van der Waals surface area (Å²) in [6, 6.07) is 17.4. The molecule has 0 bridgehead atoms. The van der Waals surface area contributed by atoms with Crippen LogP contribution >= 0.6 is 0 Å². The molecule has 0 amide bonds. The van der Waals surface area contributed by atoms with Gasteiger partial charge in [0.15, 0.2) is 0 Å². The first-order chi connectivity index (χ1) is 18.0. The summed E-state index contributed by atoms with van der Waals surface area (Å²) in [6.45, 7) is 3.43. The van der Waals surface area contributed by atoms with Crippen LogP contribution in [0.5, 0.6) is 0 Å². The summed E-state index contributed by atoms with van der Waals surface area (Å²) in [7, 11) is 4.04. The third-order valence-corrected chi connectivity index (χ3v) is 6.82. The van der Waals surface area contributed by atoms with Crippen LogP contribution in [0.1, 0.15) is 12.1 Å². The predicted molar refractivity (Wildman–Crippen MR) is 149 cm³/mol. The highest BCUT2D eigenvalue weighted by molar-refractivity contribution is 6.00. The highest BCUT2D eigenvalue weighted by Crippen LogP contribution is 2.35. The summed E-state index contributed by atoms with van der Waals surface area (Å²) in [6.07, 6.45) is 3.16. The minimum Gasteiger partial charge on any atom is -0.384 e. The van der Waals surface area contributed by atoms with Crippen LogP contribution in [-0.2, 0) is 0 Å². The fourth-order valence-electron chi connectivity index (χ4n) is 4.93. The number of H-pyrrole nitrogens is 2. The van der Waals surface area contributed by atoms with Crippen molar-refractivity contribution < 1.29 is 4.39 Å². The smallest absolute Gasteiger partial charge is 0.135 e. The number of nitrogens with zero attached hydrogens (tertiary/aromatic N) is 3. The van der Waals surface area contributed by atoms with Gasteiger partial charge in [0.25, 0.3) is 0 Å². The molecule has 7 nitrogen and oxygen atoms in total. The lowest BCUT2D eigenvalue weighted by Crippen LogP contribution is -2.20. The Bertz CT molecular complexity index is 1610. The van der Waals surface area contributed by atoms with E-state index in [0.717, 1.165) is 88.4 Å². The van der Waals surface area contributed by atoms with Crippen LogP contribution in [0.3, 0.4) is 0 Å². The first-order valence-electron chi connectivity index (χ1n) is 12.6. The number of fused-ring (bicyclic) bond motifs is 2. The molecular weight excluding hydrogens is 465 g/mol. The van der Waals surface area contributed by atoms with Crippen LogP contribution in [0.25, 0.3) is 50.0 Å². The maximum atomic E-state index is 14.6. The standard InChI is InChI=1S/C29H30FN7/c1-37(2)13-12-32-21-15-19(14-20(30)16-21)22-4-3-5-25-23(22)17-27(33-25)29-28-26(35-36-29)7-6-24(34-28)18-8-10-31-11-9-18/h3-8,14-17,31-33H,9-13H2,1-2H3,(H,35,36). The monoisotopic (exact) mass is 495 g/mol. The lowest BCUT2D eigenvalue weighted by Gasteiger charge is -2.13. The van der Waals surface area contributed by atoms with Crippen molar-refractivity contribution in [1.29, 1.82) is 0 Å². The Hall–Kier alpha value is -4.01. The van der Waals surface area contributed by atoms with E-state index >= 15 is 0 Å². The zero-order valence-corrected chi connectivity index (χ0v) is 21.0. The number of benzene rings is 2. The third-order valence-electron chi connectivity index (χ3n) is 6.82. The normalized spacial score (nSPS) is 14.0. The van der Waals surface area contributed by atoms with Crippen molar-refractivity contribution in [3.05, 3.63) is 72.2 Å². The Morgan fingerprint density at radius 1 is 1.05 bits per heavy atom. The SMILES string of the molecule is CN(C)CCNc1cc(F)cc(-c2cccc3[nH]c(-c4n[nH]c5ccc(C6=CCNCC6)nc45)cc23)c1. The lowest BCUT2D eigenvalue weighted by molar-refractivity contribution is 0.425. The van der Waals surface area contributed by atoms with Crippen molar-refractivity contribution in [2.75, 3.05) is 45.6 Å². The lowest BCUT2D eigenvalue weighted by atomic mass is 10.0. The van der Waals surface area contributed by atoms with E-state index in [0.29, 0.717) is 0 Å². The van der Waals surface area contributed by atoms with E-state index in [1.54, 1.807) is 12.1 Å². The van der Waals surface area contributed by atoms with Gasteiger partial charge in [-0.25, -0.2) is 9.37 Å². The van der Waals surface area contributed by atoms with Gasteiger partial charge in [-0.3, -0.25) is 5.10 Å². The van der Waals surface area contributed by atoms with Gasteiger partial charge in [-0.15, -0.1) is 0 Å². The molecule has 2 aromatic carbocycles. The Morgan fingerprint density at radius 3 is 2.81 bits per heavy atom. The van der Waals surface area contributed by atoms with Crippen LogP contribution in [0.15, 0.2) is 60.7 Å². The fourth-order valence-corrected chi connectivity index (χ4v) is 4.93. The fraction of sp³-hybridized carbons (Fsp3) is 0.241. The molecule has 5 aromatic rings. The summed E-state index contributed by atoms with van der Waals surface area (Å²) < 4.78 is 14.6. The first-order valence-corrected chi connectivity index (χ1v) is 12.6. The van der Waals surface area contributed by atoms with Crippen molar-refractivity contribution >= 4 is 33.2 Å². The number of hydrogen-bond acceptors (Lipinski definition) is 5. The second-order valence-electron chi connectivity index (χ2n) is 9.76. The number of likely N-dealkylation sites (N-methyl/N-ethyl adjacent to an activating group) is 1. The molecule has 0 aliphatic carbocycles. The Balaban J connectivity index is 1.39. The van der Waals surface area contributed by atoms with Crippen LogP contribution in [0.2, 0.25) is 0 Å². The van der Waals surface area contributed by atoms with Crippen molar-refractivity contribution in [3.63, 3.8) is 0 Å². The van der Waals surface area contributed by atoms with Crippen LogP contribution < -0.4 is 10.6 Å². The molecule has 1 aliphatic heterocycles. The Kier molecular flexibility index (Phi) is 6.20. The molecule has 1 aliphatic rings. The molecule has 0 saturated carbocycles. The molecule has 4 N–H and O–H groups in total. The first kappa shape index (κ1) is 23.4. The van der Waals surface area contributed by atoms with E-state index in [4.69, 9.17) is 4.98 Å². The number of rotatable bonds is 7. The van der Waals surface area contributed by atoms with Crippen molar-refractivity contribution in [2.24, 2.45) is 0 Å². The predicted octanol–water partition coefficient (Wildman–Crippen LogP) is 5.26. The van der Waals surface area contributed by atoms with Gasteiger partial charge in [-0.1, -0.05) is 18.2 Å². The molecule has 188 valence electrons. The van der Waals surface area contributed by atoms with Crippen molar-refractivity contribution in [3.8, 4) is 22.5 Å². The summed E-state index contributed by atoms with van der Waals surface area (Å²) in [4.78, 5) is 10.6. The summed E-state index contributed by atoms with van der Waals surface area (Å²) >= 11 is 0. The van der Waals surface area contributed by atoms with Gasteiger partial charge in [0, 0.05) is 36.2 Å². The molecule has 0 atom stereocenters.